The van der Waals surface area contributed by atoms with E-state index in [9.17, 15) is 22.8 Å². The zero-order chi connectivity index (χ0) is 20.5. The number of aliphatic carboxylic acids is 1. The van der Waals surface area contributed by atoms with Crippen LogP contribution < -0.4 is 4.74 Å². The van der Waals surface area contributed by atoms with Crippen molar-refractivity contribution in [1.29, 1.82) is 0 Å². The molecule has 9 heteroatoms. The van der Waals surface area contributed by atoms with Crippen LogP contribution in [0.15, 0.2) is 48.0 Å². The number of carboxylic acid groups (broad SMARTS) is 1. The molecule has 0 aliphatic carbocycles. The van der Waals surface area contributed by atoms with Crippen LogP contribution in [0.5, 0.6) is 5.75 Å². The number of rotatable bonds is 4. The van der Waals surface area contributed by atoms with Crippen LogP contribution in [-0.4, -0.2) is 29.3 Å². The summed E-state index contributed by atoms with van der Waals surface area (Å²) in [5.41, 5.74) is -0.562. The van der Waals surface area contributed by atoms with Crippen molar-refractivity contribution in [2.75, 3.05) is 0 Å². The molecule has 0 bridgehead atoms. The molecule has 1 aliphatic rings. The van der Waals surface area contributed by atoms with Gasteiger partial charge in [-0.05, 0) is 30.3 Å². The lowest BCUT2D eigenvalue weighted by molar-refractivity contribution is -0.187. The highest BCUT2D eigenvalue weighted by molar-refractivity contribution is 6.30. The summed E-state index contributed by atoms with van der Waals surface area (Å²) in [4.78, 5) is 23.3. The molecule has 0 amide bonds. The van der Waals surface area contributed by atoms with Crippen LogP contribution in [0.25, 0.3) is 6.08 Å². The van der Waals surface area contributed by atoms with Crippen molar-refractivity contribution in [3.8, 4) is 5.75 Å². The monoisotopic (exact) mass is 412 g/mol. The molecule has 28 heavy (non-hydrogen) atoms. The normalized spacial score (nSPS) is 15.9. The van der Waals surface area contributed by atoms with Gasteiger partial charge in [-0.2, -0.15) is 13.2 Å². The average molecular weight is 413 g/mol. The van der Waals surface area contributed by atoms with E-state index in [0.29, 0.717) is 0 Å². The first-order chi connectivity index (χ1) is 13.2. The quantitative estimate of drug-likeness (QED) is 0.749. The van der Waals surface area contributed by atoms with E-state index in [4.69, 9.17) is 26.2 Å². The highest BCUT2D eigenvalue weighted by atomic mass is 35.5. The number of carbonyl (C=O) groups excluding carboxylic acids is 1. The van der Waals surface area contributed by atoms with E-state index in [-0.39, 0.29) is 27.5 Å². The predicted octanol–water partition coefficient (Wildman–Crippen LogP) is 4.49. The van der Waals surface area contributed by atoms with Gasteiger partial charge < -0.3 is 14.6 Å². The van der Waals surface area contributed by atoms with Gasteiger partial charge >= 0.3 is 18.1 Å². The fraction of sp³-hybridized carbons (Fsp3) is 0.158. The van der Waals surface area contributed by atoms with Crippen LogP contribution >= 0.6 is 11.6 Å². The van der Waals surface area contributed by atoms with Crippen molar-refractivity contribution >= 4 is 29.6 Å². The van der Waals surface area contributed by atoms with Crippen molar-refractivity contribution < 1.29 is 37.3 Å². The van der Waals surface area contributed by atoms with Crippen molar-refractivity contribution in [3.05, 3.63) is 69.8 Å². The summed E-state index contributed by atoms with van der Waals surface area (Å²) in [6.45, 7) is -0.405. The average Bonchev–Trinajstić information content (AvgIpc) is 2.64. The number of carbonyl (C=O) groups is 2. The number of hydrogen-bond donors (Lipinski definition) is 1. The number of ether oxygens (including phenoxy) is 2. The lowest BCUT2D eigenvalue weighted by Gasteiger charge is -2.28. The van der Waals surface area contributed by atoms with Gasteiger partial charge in [0.25, 0.3) is 0 Å². The fourth-order valence-corrected chi connectivity index (χ4v) is 2.92. The summed E-state index contributed by atoms with van der Waals surface area (Å²) in [6, 6.07) is 10.6. The minimum Gasteiger partial charge on any atom is -0.478 e. The molecule has 0 saturated carbocycles. The van der Waals surface area contributed by atoms with Gasteiger partial charge in [0, 0.05) is 16.1 Å². The third-order valence-corrected chi connectivity index (χ3v) is 4.12. The lowest BCUT2D eigenvalue weighted by Crippen LogP contribution is -2.40. The maximum Gasteiger partial charge on any atom is 0.430 e. The zero-order valence-electron chi connectivity index (χ0n) is 14.0. The molecule has 1 N–H and O–H groups in total. The van der Waals surface area contributed by atoms with Crippen LogP contribution in [-0.2, 0) is 16.1 Å². The van der Waals surface area contributed by atoms with Crippen LogP contribution in [0.2, 0.25) is 5.02 Å². The Hall–Kier alpha value is -3.00. The van der Waals surface area contributed by atoms with Gasteiger partial charge in [-0.25, -0.2) is 9.59 Å². The lowest BCUT2D eigenvalue weighted by atomic mass is 9.99. The third kappa shape index (κ3) is 4.12. The summed E-state index contributed by atoms with van der Waals surface area (Å²) in [6.07, 6.45) is -6.74. The smallest absolute Gasteiger partial charge is 0.430 e. The molecular formula is C19H12ClF3O5. The molecule has 5 nitrogen and oxygen atoms in total. The van der Waals surface area contributed by atoms with E-state index >= 15 is 0 Å². The van der Waals surface area contributed by atoms with Gasteiger partial charge in [-0.3, -0.25) is 0 Å². The Morgan fingerprint density at radius 2 is 1.86 bits per heavy atom. The molecule has 0 spiro atoms. The number of carboxylic acids is 1. The summed E-state index contributed by atoms with van der Waals surface area (Å²) < 4.78 is 49.9. The molecule has 0 radical (unpaired) electrons. The fourth-order valence-electron chi connectivity index (χ4n) is 2.67. The Labute approximate surface area is 161 Å². The molecule has 0 fully saturated rings. The van der Waals surface area contributed by atoms with Crippen LogP contribution in [0.3, 0.4) is 0 Å². The molecule has 1 atom stereocenters. The second-order valence-corrected chi connectivity index (χ2v) is 6.31. The summed E-state index contributed by atoms with van der Waals surface area (Å²) >= 11 is 5.97. The molecule has 1 heterocycles. The van der Waals surface area contributed by atoms with E-state index in [1.54, 1.807) is 18.2 Å². The molecule has 2 aromatic rings. The number of fused-ring (bicyclic) bond motifs is 1. The maximum atomic E-state index is 13.3. The Balaban J connectivity index is 1.93. The Bertz CT molecular complexity index is 954. The summed E-state index contributed by atoms with van der Waals surface area (Å²) in [5, 5.41) is 9.21. The first-order valence-electron chi connectivity index (χ1n) is 7.89. The topological polar surface area (TPSA) is 72.8 Å². The van der Waals surface area contributed by atoms with Gasteiger partial charge in [0.15, 0.2) is 0 Å². The molecule has 146 valence electrons. The maximum absolute atomic E-state index is 13.3. The highest BCUT2D eigenvalue weighted by Crippen LogP contribution is 2.40. The standard InChI is InChI=1S/C19H12ClF3O5/c20-13-6-11-8-14(17(24)25)16(19(21,22)23)28-15(11)12(7-13)9-27-18(26)10-4-2-1-3-5-10/h1-8,16H,9H2,(H,24,25). The van der Waals surface area contributed by atoms with E-state index < -0.39 is 36.4 Å². The van der Waals surface area contributed by atoms with Gasteiger partial charge in [0.2, 0.25) is 6.10 Å². The van der Waals surface area contributed by atoms with Crippen molar-refractivity contribution in [2.24, 2.45) is 0 Å². The Morgan fingerprint density at radius 1 is 1.18 bits per heavy atom. The van der Waals surface area contributed by atoms with Crippen molar-refractivity contribution in [2.45, 2.75) is 18.9 Å². The second kappa shape index (κ2) is 7.55. The van der Waals surface area contributed by atoms with Crippen molar-refractivity contribution in [3.63, 3.8) is 0 Å². The largest absolute Gasteiger partial charge is 0.478 e. The van der Waals surface area contributed by atoms with E-state index in [2.05, 4.69) is 0 Å². The summed E-state index contributed by atoms with van der Waals surface area (Å²) in [5.74, 6) is -2.68. The second-order valence-electron chi connectivity index (χ2n) is 5.87. The molecule has 0 aromatic heterocycles. The van der Waals surface area contributed by atoms with Gasteiger partial charge in [-0.15, -0.1) is 0 Å². The zero-order valence-corrected chi connectivity index (χ0v) is 14.8. The minimum absolute atomic E-state index is 0.0520. The SMILES string of the molecule is O=C(O)C1=Cc2cc(Cl)cc(COC(=O)c3ccccc3)c2OC1C(F)(F)F. The van der Waals surface area contributed by atoms with E-state index in [1.807, 2.05) is 0 Å². The molecule has 3 rings (SSSR count). The molecule has 1 aliphatic heterocycles. The van der Waals surface area contributed by atoms with Gasteiger partial charge in [-0.1, -0.05) is 29.8 Å². The molecular weight excluding hydrogens is 401 g/mol. The number of alkyl halides is 3. The van der Waals surface area contributed by atoms with Crippen molar-refractivity contribution in [1.82, 2.24) is 0 Å². The van der Waals surface area contributed by atoms with Crippen LogP contribution in [0, 0.1) is 0 Å². The molecule has 1 unspecified atom stereocenters. The summed E-state index contributed by atoms with van der Waals surface area (Å²) in [7, 11) is 0. The van der Waals surface area contributed by atoms with Crippen LogP contribution in [0.4, 0.5) is 13.2 Å². The van der Waals surface area contributed by atoms with Crippen LogP contribution in [0.1, 0.15) is 21.5 Å². The third-order valence-electron chi connectivity index (χ3n) is 3.90. The molecule has 2 aromatic carbocycles. The Kier molecular flexibility index (Phi) is 5.33. The number of benzene rings is 2. The molecule has 0 saturated heterocycles. The highest BCUT2D eigenvalue weighted by Gasteiger charge is 2.48. The van der Waals surface area contributed by atoms with Gasteiger partial charge in [0.1, 0.15) is 12.4 Å². The number of hydrogen-bond acceptors (Lipinski definition) is 4. The van der Waals surface area contributed by atoms with E-state index in [0.717, 1.165) is 6.08 Å². The first-order valence-corrected chi connectivity index (χ1v) is 8.27. The number of halogens is 4. The Morgan fingerprint density at radius 3 is 2.46 bits per heavy atom. The minimum atomic E-state index is -4.94. The predicted molar refractivity (Wildman–Crippen MR) is 93.1 cm³/mol. The number of esters is 1. The van der Waals surface area contributed by atoms with Gasteiger partial charge in [0.05, 0.1) is 11.1 Å². The van der Waals surface area contributed by atoms with E-state index in [1.165, 1.54) is 24.3 Å². The first kappa shape index (κ1) is 19.8.